The summed E-state index contributed by atoms with van der Waals surface area (Å²) in [4.78, 5) is 6.79. The van der Waals surface area contributed by atoms with Crippen LogP contribution in [-0.2, 0) is 13.6 Å². The molecule has 5 nitrogen and oxygen atoms in total. The smallest absolute Gasteiger partial charge is 0.140 e. The molecule has 0 radical (unpaired) electrons. The number of fused-ring (bicyclic) bond motifs is 1. The number of hydrogen-bond acceptors (Lipinski definition) is 4. The highest BCUT2D eigenvalue weighted by molar-refractivity contribution is 5.85. The van der Waals surface area contributed by atoms with Crippen LogP contribution in [0.1, 0.15) is 25.1 Å². The third-order valence-electron chi connectivity index (χ3n) is 4.40. The van der Waals surface area contributed by atoms with Gasteiger partial charge in [-0.3, -0.25) is 9.58 Å². The zero-order valence-electron chi connectivity index (χ0n) is 11.2. The van der Waals surface area contributed by atoms with Crippen molar-refractivity contribution in [3.8, 4) is 0 Å². The molecule has 110 valence electrons. The van der Waals surface area contributed by atoms with Crippen LogP contribution in [0.2, 0.25) is 0 Å². The SMILES string of the molecule is Cl.Cl.Cn1ncnc1CN1CC2CCCC(N)C2C1. The molecule has 7 heteroatoms. The minimum absolute atomic E-state index is 0. The molecule has 1 aliphatic heterocycles. The second-order valence-corrected chi connectivity index (χ2v) is 5.51. The molecule has 1 aromatic rings. The number of nitrogens with two attached hydrogens (primary N) is 1. The van der Waals surface area contributed by atoms with E-state index in [1.54, 1.807) is 6.33 Å². The van der Waals surface area contributed by atoms with E-state index in [9.17, 15) is 0 Å². The Morgan fingerprint density at radius 1 is 1.32 bits per heavy atom. The van der Waals surface area contributed by atoms with E-state index in [1.807, 2.05) is 11.7 Å². The van der Waals surface area contributed by atoms with E-state index in [-0.39, 0.29) is 24.8 Å². The Bertz CT molecular complexity index is 397. The van der Waals surface area contributed by atoms with Crippen molar-refractivity contribution in [3.05, 3.63) is 12.2 Å². The Labute approximate surface area is 126 Å². The zero-order valence-corrected chi connectivity index (χ0v) is 12.9. The molecule has 0 amide bonds. The van der Waals surface area contributed by atoms with Crippen molar-refractivity contribution in [2.75, 3.05) is 13.1 Å². The van der Waals surface area contributed by atoms with Gasteiger partial charge in [0.25, 0.3) is 0 Å². The second-order valence-electron chi connectivity index (χ2n) is 5.51. The molecule has 1 aromatic heterocycles. The van der Waals surface area contributed by atoms with Crippen molar-refractivity contribution in [2.24, 2.45) is 24.6 Å². The summed E-state index contributed by atoms with van der Waals surface area (Å²) in [5.41, 5.74) is 6.23. The number of halogens is 2. The van der Waals surface area contributed by atoms with E-state index >= 15 is 0 Å². The maximum absolute atomic E-state index is 6.23. The van der Waals surface area contributed by atoms with Crippen molar-refractivity contribution in [2.45, 2.75) is 31.8 Å². The number of aryl methyl sites for hydroxylation is 1. The first kappa shape index (κ1) is 16.7. The molecule has 3 unspecified atom stereocenters. The summed E-state index contributed by atoms with van der Waals surface area (Å²) in [6.45, 7) is 3.24. The standard InChI is InChI=1S/C12H21N5.2ClH/c1-16-12(14-8-15-16)7-17-5-9-3-2-4-11(13)10(9)6-17;;/h8-11H,2-7,13H2,1H3;2*1H. The van der Waals surface area contributed by atoms with Crippen molar-refractivity contribution < 1.29 is 0 Å². The van der Waals surface area contributed by atoms with Crippen LogP contribution in [0.15, 0.2) is 6.33 Å². The lowest BCUT2D eigenvalue weighted by atomic mass is 9.78. The maximum Gasteiger partial charge on any atom is 0.140 e. The summed E-state index contributed by atoms with van der Waals surface area (Å²) in [6.07, 6.45) is 5.50. The molecule has 0 aromatic carbocycles. The van der Waals surface area contributed by atoms with Crippen molar-refractivity contribution >= 4 is 24.8 Å². The van der Waals surface area contributed by atoms with E-state index in [0.717, 1.165) is 24.8 Å². The van der Waals surface area contributed by atoms with Crippen LogP contribution in [0.25, 0.3) is 0 Å². The van der Waals surface area contributed by atoms with Gasteiger partial charge in [-0.25, -0.2) is 4.98 Å². The lowest BCUT2D eigenvalue weighted by Crippen LogP contribution is -2.38. The third-order valence-corrected chi connectivity index (χ3v) is 4.40. The molecular weight excluding hydrogens is 285 g/mol. The highest BCUT2D eigenvalue weighted by Crippen LogP contribution is 2.35. The molecule has 1 aliphatic carbocycles. The van der Waals surface area contributed by atoms with E-state index < -0.39 is 0 Å². The average Bonchev–Trinajstić information content (AvgIpc) is 2.87. The van der Waals surface area contributed by atoms with Gasteiger partial charge in [0.05, 0.1) is 6.54 Å². The lowest BCUT2D eigenvalue weighted by Gasteiger charge is -2.29. The van der Waals surface area contributed by atoms with Crippen LogP contribution in [-0.4, -0.2) is 38.8 Å². The third kappa shape index (κ3) is 3.40. The fourth-order valence-electron chi connectivity index (χ4n) is 3.40. The summed E-state index contributed by atoms with van der Waals surface area (Å²) < 4.78 is 1.86. The van der Waals surface area contributed by atoms with Crippen LogP contribution in [0.3, 0.4) is 0 Å². The van der Waals surface area contributed by atoms with Gasteiger partial charge < -0.3 is 5.73 Å². The van der Waals surface area contributed by atoms with Crippen LogP contribution < -0.4 is 5.73 Å². The molecule has 0 spiro atoms. The first-order valence-corrected chi connectivity index (χ1v) is 6.55. The molecule has 2 heterocycles. The van der Waals surface area contributed by atoms with E-state index in [1.165, 1.54) is 25.8 Å². The molecule has 2 fully saturated rings. The first-order valence-electron chi connectivity index (χ1n) is 6.55. The van der Waals surface area contributed by atoms with Gasteiger partial charge in [-0.05, 0) is 24.7 Å². The van der Waals surface area contributed by atoms with Crippen molar-refractivity contribution in [1.82, 2.24) is 19.7 Å². The summed E-state index contributed by atoms with van der Waals surface area (Å²) in [6, 6.07) is 0.415. The number of rotatable bonds is 2. The number of hydrogen-bond donors (Lipinski definition) is 1. The highest BCUT2D eigenvalue weighted by Gasteiger charge is 2.38. The Kier molecular flexibility index (Phi) is 6.05. The molecule has 1 saturated carbocycles. The van der Waals surface area contributed by atoms with Gasteiger partial charge in [0.1, 0.15) is 12.2 Å². The van der Waals surface area contributed by atoms with Crippen LogP contribution in [0.4, 0.5) is 0 Å². The molecule has 3 atom stereocenters. The second kappa shape index (κ2) is 6.88. The van der Waals surface area contributed by atoms with Crippen LogP contribution in [0.5, 0.6) is 0 Å². The predicted octanol–water partition coefficient (Wildman–Crippen LogP) is 1.22. The van der Waals surface area contributed by atoms with E-state index in [2.05, 4.69) is 15.0 Å². The van der Waals surface area contributed by atoms with Crippen LogP contribution >= 0.6 is 24.8 Å². The van der Waals surface area contributed by atoms with Gasteiger partial charge in [0.2, 0.25) is 0 Å². The molecule has 2 N–H and O–H groups in total. The van der Waals surface area contributed by atoms with Gasteiger partial charge in [-0.1, -0.05) is 6.42 Å². The first-order chi connectivity index (χ1) is 8.24. The van der Waals surface area contributed by atoms with Crippen LogP contribution in [0, 0.1) is 11.8 Å². The summed E-state index contributed by atoms with van der Waals surface area (Å²) in [5, 5.41) is 4.12. The molecular formula is C12H23Cl2N5. The summed E-state index contributed by atoms with van der Waals surface area (Å²) >= 11 is 0. The molecule has 3 rings (SSSR count). The maximum atomic E-state index is 6.23. The largest absolute Gasteiger partial charge is 0.327 e. The molecule has 19 heavy (non-hydrogen) atoms. The Morgan fingerprint density at radius 2 is 2.11 bits per heavy atom. The number of aromatic nitrogens is 3. The predicted molar refractivity (Wildman–Crippen MR) is 79.6 cm³/mol. The fourth-order valence-corrected chi connectivity index (χ4v) is 3.40. The molecule has 1 saturated heterocycles. The Hall–Kier alpha value is -0.360. The highest BCUT2D eigenvalue weighted by atomic mass is 35.5. The molecule has 2 aliphatic rings. The Morgan fingerprint density at radius 3 is 2.74 bits per heavy atom. The van der Waals surface area contributed by atoms with Gasteiger partial charge in [0.15, 0.2) is 0 Å². The summed E-state index contributed by atoms with van der Waals surface area (Å²) in [7, 11) is 1.96. The Balaban J connectivity index is 0.000000902. The van der Waals surface area contributed by atoms with E-state index in [4.69, 9.17) is 5.73 Å². The fraction of sp³-hybridized carbons (Fsp3) is 0.833. The average molecular weight is 308 g/mol. The topological polar surface area (TPSA) is 60.0 Å². The normalized spacial score (nSPS) is 30.3. The number of likely N-dealkylation sites (tertiary alicyclic amines) is 1. The minimum atomic E-state index is 0. The van der Waals surface area contributed by atoms with Gasteiger partial charge in [-0.2, -0.15) is 5.10 Å². The van der Waals surface area contributed by atoms with E-state index in [0.29, 0.717) is 12.0 Å². The molecule has 0 bridgehead atoms. The zero-order chi connectivity index (χ0) is 11.8. The number of nitrogens with zero attached hydrogens (tertiary/aromatic N) is 4. The minimum Gasteiger partial charge on any atom is -0.327 e. The van der Waals surface area contributed by atoms with Crippen molar-refractivity contribution in [3.63, 3.8) is 0 Å². The van der Waals surface area contributed by atoms with Gasteiger partial charge >= 0.3 is 0 Å². The summed E-state index contributed by atoms with van der Waals surface area (Å²) in [5.74, 6) is 2.57. The van der Waals surface area contributed by atoms with Crippen molar-refractivity contribution in [1.29, 1.82) is 0 Å². The lowest BCUT2D eigenvalue weighted by molar-refractivity contribution is 0.259. The van der Waals surface area contributed by atoms with Gasteiger partial charge in [0, 0.05) is 26.2 Å². The monoisotopic (exact) mass is 307 g/mol. The van der Waals surface area contributed by atoms with Gasteiger partial charge in [-0.15, -0.1) is 24.8 Å². The quantitative estimate of drug-likeness (QED) is 0.892.